The first-order chi connectivity index (χ1) is 12.0. The molecule has 0 spiro atoms. The number of hydrogen-bond acceptors (Lipinski definition) is 2. The van der Waals surface area contributed by atoms with Crippen LogP contribution in [0.15, 0.2) is 30.3 Å². The van der Waals surface area contributed by atoms with Crippen LogP contribution < -0.4 is 0 Å². The van der Waals surface area contributed by atoms with Crippen LogP contribution in [0, 0.1) is 20.8 Å². The van der Waals surface area contributed by atoms with Gasteiger partial charge in [0.2, 0.25) is 5.91 Å². The molecule has 0 radical (unpaired) electrons. The Morgan fingerprint density at radius 2 is 2.08 bits per heavy atom. The number of benzene rings is 1. The van der Waals surface area contributed by atoms with Crippen molar-refractivity contribution in [1.29, 1.82) is 0 Å². The lowest BCUT2D eigenvalue weighted by Gasteiger charge is -2.17. The predicted octanol–water partition coefficient (Wildman–Crippen LogP) is 3.31. The molecule has 25 heavy (non-hydrogen) atoms. The second-order valence-corrected chi connectivity index (χ2v) is 7.10. The number of rotatable bonds is 3. The zero-order valence-electron chi connectivity index (χ0n) is 15.0. The number of aromatic amines is 1. The Labute approximate surface area is 147 Å². The summed E-state index contributed by atoms with van der Waals surface area (Å²) in [6.45, 7) is 7.71. The molecule has 130 valence electrons. The molecule has 1 fully saturated rings. The molecule has 4 rings (SSSR count). The maximum Gasteiger partial charge on any atom is 0.227 e. The molecule has 1 saturated heterocycles. The predicted molar refractivity (Wildman–Crippen MR) is 98.7 cm³/mol. The molecule has 5 heteroatoms. The molecule has 1 atom stereocenters. The molecule has 1 amide bonds. The van der Waals surface area contributed by atoms with Crippen LogP contribution in [-0.4, -0.2) is 38.7 Å². The number of amides is 1. The molecule has 1 aliphatic heterocycles. The molecule has 1 aliphatic rings. The van der Waals surface area contributed by atoms with E-state index in [9.17, 15) is 4.79 Å². The maximum atomic E-state index is 12.9. The van der Waals surface area contributed by atoms with Gasteiger partial charge in [0.15, 0.2) is 0 Å². The van der Waals surface area contributed by atoms with Gasteiger partial charge in [-0.15, -0.1) is 0 Å². The maximum absolute atomic E-state index is 12.9. The van der Waals surface area contributed by atoms with Crippen molar-refractivity contribution in [3.05, 3.63) is 53.0 Å². The number of carbonyl (C=O) groups excluding carboxylic acids is 1. The van der Waals surface area contributed by atoms with Crippen molar-refractivity contribution in [2.45, 2.75) is 39.7 Å². The van der Waals surface area contributed by atoms with Crippen LogP contribution in [-0.2, 0) is 11.2 Å². The molecule has 5 nitrogen and oxygen atoms in total. The van der Waals surface area contributed by atoms with Crippen LogP contribution in [0.3, 0.4) is 0 Å². The third kappa shape index (κ3) is 2.84. The van der Waals surface area contributed by atoms with Crippen molar-refractivity contribution in [1.82, 2.24) is 19.7 Å². The van der Waals surface area contributed by atoms with Crippen LogP contribution in [0.25, 0.3) is 10.9 Å². The van der Waals surface area contributed by atoms with Crippen molar-refractivity contribution in [2.75, 3.05) is 13.1 Å². The zero-order valence-corrected chi connectivity index (χ0v) is 15.0. The Kier molecular flexibility index (Phi) is 3.86. The highest BCUT2D eigenvalue weighted by molar-refractivity contribution is 5.90. The average Bonchev–Trinajstić information content (AvgIpc) is 3.26. The van der Waals surface area contributed by atoms with Gasteiger partial charge in [-0.3, -0.25) is 9.48 Å². The number of likely N-dealkylation sites (tertiary alicyclic amines) is 1. The molecule has 1 N–H and O–H groups in total. The van der Waals surface area contributed by atoms with Gasteiger partial charge in [-0.1, -0.05) is 18.2 Å². The van der Waals surface area contributed by atoms with Crippen LogP contribution in [0.1, 0.15) is 35.1 Å². The van der Waals surface area contributed by atoms with Crippen molar-refractivity contribution in [3.63, 3.8) is 0 Å². The van der Waals surface area contributed by atoms with Gasteiger partial charge in [-0.2, -0.15) is 5.10 Å². The number of aryl methyl sites for hydroxylation is 3. The monoisotopic (exact) mass is 336 g/mol. The highest BCUT2D eigenvalue weighted by Crippen LogP contribution is 2.26. The van der Waals surface area contributed by atoms with Crippen LogP contribution in [0.5, 0.6) is 0 Å². The van der Waals surface area contributed by atoms with Crippen molar-refractivity contribution >= 4 is 16.8 Å². The first-order valence-electron chi connectivity index (χ1n) is 8.89. The fourth-order valence-electron chi connectivity index (χ4n) is 4.01. The van der Waals surface area contributed by atoms with E-state index in [1.807, 2.05) is 30.9 Å². The smallest absolute Gasteiger partial charge is 0.227 e. The molecule has 0 unspecified atom stereocenters. The van der Waals surface area contributed by atoms with Gasteiger partial charge in [0.25, 0.3) is 0 Å². The van der Waals surface area contributed by atoms with E-state index in [-0.39, 0.29) is 5.91 Å². The Morgan fingerprint density at radius 3 is 2.84 bits per heavy atom. The number of H-pyrrole nitrogens is 1. The molecule has 2 aromatic heterocycles. The third-order valence-electron chi connectivity index (χ3n) is 5.26. The minimum Gasteiger partial charge on any atom is -0.358 e. The van der Waals surface area contributed by atoms with Crippen molar-refractivity contribution < 1.29 is 4.79 Å². The fraction of sp³-hybridized carbons (Fsp3) is 0.400. The third-order valence-corrected chi connectivity index (χ3v) is 5.26. The summed E-state index contributed by atoms with van der Waals surface area (Å²) in [5.41, 5.74) is 5.52. The van der Waals surface area contributed by atoms with E-state index >= 15 is 0 Å². The molecule has 3 heterocycles. The number of nitrogens with one attached hydrogen (secondary N) is 1. The summed E-state index contributed by atoms with van der Waals surface area (Å²) in [5, 5.41) is 5.75. The number of para-hydroxylation sites is 1. The summed E-state index contributed by atoms with van der Waals surface area (Å²) in [6, 6.07) is 10.6. The largest absolute Gasteiger partial charge is 0.358 e. The number of fused-ring (bicyclic) bond motifs is 1. The summed E-state index contributed by atoms with van der Waals surface area (Å²) >= 11 is 0. The van der Waals surface area contributed by atoms with E-state index in [1.54, 1.807) is 0 Å². The van der Waals surface area contributed by atoms with E-state index in [1.165, 1.54) is 5.69 Å². The van der Waals surface area contributed by atoms with Gasteiger partial charge in [0.1, 0.15) is 0 Å². The molecule has 0 aliphatic carbocycles. The Morgan fingerprint density at radius 1 is 1.28 bits per heavy atom. The number of aromatic nitrogens is 3. The second-order valence-electron chi connectivity index (χ2n) is 7.10. The lowest BCUT2D eigenvalue weighted by atomic mass is 10.1. The molecule has 0 bridgehead atoms. The molecule has 0 saturated carbocycles. The number of nitrogens with zero attached hydrogens (tertiary/aromatic N) is 3. The zero-order chi connectivity index (χ0) is 17.6. The number of carbonyl (C=O) groups is 1. The van der Waals surface area contributed by atoms with Crippen molar-refractivity contribution in [2.24, 2.45) is 0 Å². The van der Waals surface area contributed by atoms with Gasteiger partial charge in [0.05, 0.1) is 18.2 Å². The Balaban J connectivity index is 1.50. The summed E-state index contributed by atoms with van der Waals surface area (Å²) < 4.78 is 2.08. The van der Waals surface area contributed by atoms with E-state index in [0.717, 1.165) is 47.4 Å². The van der Waals surface area contributed by atoms with E-state index in [0.29, 0.717) is 12.5 Å². The summed E-state index contributed by atoms with van der Waals surface area (Å²) in [6.07, 6.45) is 1.43. The van der Waals surface area contributed by atoms with Crippen LogP contribution in [0.4, 0.5) is 0 Å². The van der Waals surface area contributed by atoms with Gasteiger partial charge >= 0.3 is 0 Å². The highest BCUT2D eigenvalue weighted by atomic mass is 16.2. The SMILES string of the molecule is Cc1cc(C)n([C@@H]2CCN(C(=O)Cc3c(C)[nH]c4ccccc34)C2)n1. The van der Waals surface area contributed by atoms with Gasteiger partial charge in [-0.05, 0) is 44.9 Å². The molecule has 3 aromatic rings. The van der Waals surface area contributed by atoms with Gasteiger partial charge in [-0.25, -0.2) is 0 Å². The normalized spacial score (nSPS) is 17.6. The second kappa shape index (κ2) is 6.06. The Hall–Kier alpha value is -2.56. The van der Waals surface area contributed by atoms with Crippen LogP contribution >= 0.6 is 0 Å². The molecule has 1 aromatic carbocycles. The van der Waals surface area contributed by atoms with Crippen LogP contribution in [0.2, 0.25) is 0 Å². The molecular weight excluding hydrogens is 312 g/mol. The standard InChI is InChI=1S/C20H24N4O/c1-13-10-14(2)24(22-13)16-8-9-23(12-16)20(25)11-18-15(3)21-19-7-5-4-6-17(18)19/h4-7,10,16,21H,8-9,11-12H2,1-3H3/t16-/m1/s1. The minimum atomic E-state index is 0.205. The lowest BCUT2D eigenvalue weighted by Crippen LogP contribution is -2.30. The van der Waals surface area contributed by atoms with Gasteiger partial charge in [0, 0.05) is 35.4 Å². The van der Waals surface area contributed by atoms with E-state index in [4.69, 9.17) is 0 Å². The minimum absolute atomic E-state index is 0.205. The summed E-state index contributed by atoms with van der Waals surface area (Å²) in [5.74, 6) is 0.205. The first-order valence-corrected chi connectivity index (χ1v) is 8.89. The topological polar surface area (TPSA) is 53.9 Å². The number of hydrogen-bond donors (Lipinski definition) is 1. The molecular formula is C20H24N4O. The van der Waals surface area contributed by atoms with E-state index in [2.05, 4.69) is 39.9 Å². The average molecular weight is 336 g/mol. The van der Waals surface area contributed by atoms with Crippen molar-refractivity contribution in [3.8, 4) is 0 Å². The summed E-state index contributed by atoms with van der Waals surface area (Å²) in [4.78, 5) is 18.2. The van der Waals surface area contributed by atoms with E-state index < -0.39 is 0 Å². The highest BCUT2D eigenvalue weighted by Gasteiger charge is 2.29. The fourth-order valence-corrected chi connectivity index (χ4v) is 4.01. The lowest BCUT2D eigenvalue weighted by molar-refractivity contribution is -0.129. The summed E-state index contributed by atoms with van der Waals surface area (Å²) in [7, 11) is 0. The quantitative estimate of drug-likeness (QED) is 0.798. The Bertz CT molecular complexity index is 936. The van der Waals surface area contributed by atoms with Gasteiger partial charge < -0.3 is 9.88 Å². The first kappa shape index (κ1) is 15.9.